The molecule has 0 fully saturated rings. The van der Waals surface area contributed by atoms with Gasteiger partial charge in [-0.15, -0.1) is 0 Å². The zero-order valence-electron chi connectivity index (χ0n) is 20.8. The van der Waals surface area contributed by atoms with Crippen molar-refractivity contribution in [3.8, 4) is 22.9 Å². The van der Waals surface area contributed by atoms with Crippen LogP contribution in [-0.4, -0.2) is 44.3 Å². The number of fused-ring (bicyclic) bond motifs is 5. The molecule has 1 N–H and O–H groups in total. The van der Waals surface area contributed by atoms with Crippen molar-refractivity contribution < 1.29 is 23.5 Å². The summed E-state index contributed by atoms with van der Waals surface area (Å²) in [7, 11) is 3.22. The lowest BCUT2D eigenvalue weighted by Gasteiger charge is -2.24. The molecule has 37 heavy (non-hydrogen) atoms. The van der Waals surface area contributed by atoms with Crippen LogP contribution in [0.4, 0.5) is 10.2 Å². The van der Waals surface area contributed by atoms with Gasteiger partial charge in [-0.3, -0.25) is 14.3 Å². The molecule has 1 atom stereocenters. The number of carbonyl (C=O) groups excluding carboxylic acids is 3. The first-order valence-electron chi connectivity index (χ1n) is 11.6. The molecule has 190 valence electrons. The summed E-state index contributed by atoms with van der Waals surface area (Å²) in [6, 6.07) is 7.59. The minimum Gasteiger partial charge on any atom is -0.482 e. The number of hydrogen-bond acceptors (Lipinski definition) is 7. The summed E-state index contributed by atoms with van der Waals surface area (Å²) in [5, 5.41) is 16.9. The van der Waals surface area contributed by atoms with Crippen molar-refractivity contribution in [3.05, 3.63) is 58.8 Å². The van der Waals surface area contributed by atoms with Gasteiger partial charge in [0.25, 0.3) is 5.91 Å². The van der Waals surface area contributed by atoms with Gasteiger partial charge >= 0.3 is 0 Å². The van der Waals surface area contributed by atoms with Gasteiger partial charge < -0.3 is 19.7 Å². The van der Waals surface area contributed by atoms with Gasteiger partial charge in [0.2, 0.25) is 5.91 Å². The highest BCUT2D eigenvalue weighted by molar-refractivity contribution is 5.96. The number of ketones is 1. The number of benzene rings is 1. The van der Waals surface area contributed by atoms with Crippen molar-refractivity contribution in [2.45, 2.75) is 39.3 Å². The van der Waals surface area contributed by atoms with E-state index < -0.39 is 17.8 Å². The van der Waals surface area contributed by atoms with Crippen molar-refractivity contribution in [1.29, 1.82) is 5.26 Å². The lowest BCUT2D eigenvalue weighted by molar-refractivity contribution is -0.121. The van der Waals surface area contributed by atoms with Crippen molar-refractivity contribution in [2.24, 2.45) is 7.05 Å². The number of aryl methyl sites for hydroxylation is 1. The molecule has 1 aliphatic heterocycles. The number of nitriles is 1. The Kier molecular flexibility index (Phi) is 7.02. The normalized spacial score (nSPS) is 14.9. The molecule has 0 spiro atoms. The van der Waals surface area contributed by atoms with E-state index in [-0.39, 0.29) is 53.9 Å². The van der Waals surface area contributed by atoms with Crippen LogP contribution in [0.2, 0.25) is 0 Å². The number of pyridine rings is 1. The summed E-state index contributed by atoms with van der Waals surface area (Å²) in [6.07, 6.45) is 0.703. The molecule has 0 saturated heterocycles. The summed E-state index contributed by atoms with van der Waals surface area (Å²) < 4.78 is 21.8. The van der Waals surface area contributed by atoms with Crippen molar-refractivity contribution in [3.63, 3.8) is 0 Å². The molecule has 0 saturated carbocycles. The van der Waals surface area contributed by atoms with Gasteiger partial charge in [-0.1, -0.05) is 0 Å². The summed E-state index contributed by atoms with van der Waals surface area (Å²) in [4.78, 5) is 42.9. The first-order valence-corrected chi connectivity index (χ1v) is 11.6. The monoisotopic (exact) mass is 504 g/mol. The summed E-state index contributed by atoms with van der Waals surface area (Å²) in [6.45, 7) is 3.13. The predicted molar refractivity (Wildman–Crippen MR) is 131 cm³/mol. The quantitative estimate of drug-likeness (QED) is 0.575. The van der Waals surface area contributed by atoms with E-state index in [0.29, 0.717) is 22.4 Å². The van der Waals surface area contributed by atoms with Crippen LogP contribution in [0.5, 0.6) is 5.75 Å². The van der Waals surface area contributed by atoms with Gasteiger partial charge in [-0.25, -0.2) is 9.37 Å². The third-order valence-corrected chi connectivity index (χ3v) is 6.05. The zero-order valence-corrected chi connectivity index (χ0v) is 20.8. The van der Waals surface area contributed by atoms with Crippen molar-refractivity contribution >= 4 is 23.4 Å². The predicted octanol–water partition coefficient (Wildman–Crippen LogP) is 3.53. The smallest absolute Gasteiger partial charge is 0.254 e. The second-order valence-electron chi connectivity index (χ2n) is 8.88. The van der Waals surface area contributed by atoms with E-state index in [2.05, 4.69) is 21.5 Å². The Bertz CT molecular complexity index is 1460. The maximum absolute atomic E-state index is 14.2. The third-order valence-electron chi connectivity index (χ3n) is 6.05. The van der Waals surface area contributed by atoms with E-state index in [9.17, 15) is 24.0 Å². The Morgan fingerprint density at radius 3 is 2.73 bits per heavy atom. The fraction of sp³-hybridized carbons (Fsp3) is 0.308. The minimum absolute atomic E-state index is 0.0338. The van der Waals surface area contributed by atoms with Gasteiger partial charge in [-0.2, -0.15) is 10.4 Å². The highest BCUT2D eigenvalue weighted by atomic mass is 19.1. The van der Waals surface area contributed by atoms with Crippen molar-refractivity contribution in [1.82, 2.24) is 19.7 Å². The van der Waals surface area contributed by atoms with E-state index in [0.717, 1.165) is 0 Å². The summed E-state index contributed by atoms with van der Waals surface area (Å²) >= 11 is 0. The summed E-state index contributed by atoms with van der Waals surface area (Å²) in [5.74, 6) is -1.23. The Balaban J connectivity index is 1.89. The fourth-order valence-electron chi connectivity index (χ4n) is 4.19. The van der Waals surface area contributed by atoms with E-state index >= 15 is 0 Å². The first kappa shape index (κ1) is 25.5. The molecule has 1 aliphatic rings. The molecular formula is C26H25FN6O4. The van der Waals surface area contributed by atoms with Crippen LogP contribution in [0.3, 0.4) is 0 Å². The Labute approximate surface area is 212 Å². The van der Waals surface area contributed by atoms with E-state index in [4.69, 9.17) is 4.74 Å². The third kappa shape index (κ3) is 5.18. The number of carbonyl (C=O) groups is 3. The molecule has 0 radical (unpaired) electrons. The van der Waals surface area contributed by atoms with E-state index in [1.165, 1.54) is 40.9 Å². The lowest BCUT2D eigenvalue weighted by Crippen LogP contribution is -2.28. The standard InChI is InChI=1S/C26H25FN6O4/c1-14(34)5-8-23(35)30-25-22-9-16(12-29-25)24-20(31-33(4)21(24)11-28)13-32(3)26(36)18-7-6-17(27)10-19(18)15(2)37-22/h6-7,9-10,12,15H,5,8,13H2,1-4H3,(H,29,30,35)/t15-/m1/s1. The van der Waals surface area contributed by atoms with Crippen LogP contribution in [0.25, 0.3) is 11.1 Å². The topological polar surface area (TPSA) is 130 Å². The molecular weight excluding hydrogens is 479 g/mol. The Morgan fingerprint density at radius 1 is 1.27 bits per heavy atom. The molecule has 11 heteroatoms. The van der Waals surface area contributed by atoms with Crippen LogP contribution in [0.15, 0.2) is 30.5 Å². The van der Waals surface area contributed by atoms with Gasteiger partial charge in [0, 0.05) is 55.4 Å². The molecule has 0 aliphatic carbocycles. The van der Waals surface area contributed by atoms with Crippen LogP contribution < -0.4 is 10.1 Å². The van der Waals surface area contributed by atoms with Crippen LogP contribution in [0, 0.1) is 17.1 Å². The number of hydrogen-bond donors (Lipinski definition) is 1. The van der Waals surface area contributed by atoms with E-state index in [1.54, 1.807) is 27.1 Å². The van der Waals surface area contributed by atoms with Crippen LogP contribution >= 0.6 is 0 Å². The highest BCUT2D eigenvalue weighted by Crippen LogP contribution is 2.37. The zero-order chi connectivity index (χ0) is 26.9. The van der Waals surface area contributed by atoms with Crippen LogP contribution in [0.1, 0.15) is 60.1 Å². The van der Waals surface area contributed by atoms with E-state index in [1.807, 2.05) is 0 Å². The highest BCUT2D eigenvalue weighted by Gasteiger charge is 2.27. The van der Waals surface area contributed by atoms with Gasteiger partial charge in [0.15, 0.2) is 11.6 Å². The number of amides is 2. The Hall–Kier alpha value is -4.59. The number of ether oxygens (including phenoxy) is 1. The molecule has 2 amide bonds. The average Bonchev–Trinajstić information content (AvgIpc) is 3.17. The number of Topliss-reactive ketones (excluding diaryl/α,β-unsaturated/α-hetero) is 1. The molecule has 1 aromatic carbocycles. The molecule has 0 unspecified atom stereocenters. The lowest BCUT2D eigenvalue weighted by atomic mass is 10.00. The van der Waals surface area contributed by atoms with Crippen molar-refractivity contribution in [2.75, 3.05) is 12.4 Å². The second-order valence-corrected chi connectivity index (χ2v) is 8.88. The molecule has 10 nitrogen and oxygen atoms in total. The molecule has 2 bridgehead atoms. The summed E-state index contributed by atoms with van der Waals surface area (Å²) in [5.41, 5.74) is 2.24. The van der Waals surface area contributed by atoms with Gasteiger partial charge in [-0.05, 0) is 38.1 Å². The molecule has 4 rings (SSSR count). The largest absolute Gasteiger partial charge is 0.482 e. The maximum Gasteiger partial charge on any atom is 0.254 e. The first-order chi connectivity index (χ1) is 17.6. The minimum atomic E-state index is -0.809. The number of nitrogens with zero attached hydrogens (tertiary/aromatic N) is 5. The number of aromatic nitrogens is 3. The molecule has 3 heterocycles. The SMILES string of the molecule is CC(=O)CCC(=O)Nc1ncc2cc1O[C@H](C)c1cc(F)ccc1C(=O)N(C)Cc1nn(C)c(C#N)c1-2. The maximum atomic E-state index is 14.2. The van der Waals surface area contributed by atoms with Gasteiger partial charge in [0.1, 0.15) is 29.5 Å². The number of halogens is 1. The Morgan fingerprint density at radius 2 is 2.03 bits per heavy atom. The van der Waals surface area contributed by atoms with Crippen LogP contribution in [-0.2, 0) is 23.2 Å². The number of anilines is 1. The molecule has 3 aromatic rings. The van der Waals surface area contributed by atoms with Gasteiger partial charge in [0.05, 0.1) is 12.2 Å². The second kappa shape index (κ2) is 10.2. The number of rotatable bonds is 4. The fourth-order valence-corrected chi connectivity index (χ4v) is 4.19. The number of nitrogens with one attached hydrogen (secondary N) is 1. The average molecular weight is 505 g/mol. The molecule has 2 aromatic heterocycles.